The fraction of sp³-hybridized carbons (Fsp3) is 0.600. The van der Waals surface area contributed by atoms with Gasteiger partial charge in [-0.15, -0.1) is 0 Å². The first-order valence-corrected chi connectivity index (χ1v) is 5.81. The van der Waals surface area contributed by atoms with Crippen molar-refractivity contribution in [2.75, 3.05) is 6.61 Å². The van der Waals surface area contributed by atoms with E-state index in [9.17, 15) is 4.79 Å². The molecule has 2 N–H and O–H groups in total. The minimum Gasteiger partial charge on any atom is -0.396 e. The van der Waals surface area contributed by atoms with E-state index in [1.54, 1.807) is 5.38 Å². The number of hydrogen-bond donors (Lipinski definition) is 2. The van der Waals surface area contributed by atoms with Gasteiger partial charge in [-0.05, 0) is 38.2 Å². The Balaban J connectivity index is 2.46. The molecular formula is C10H16N2O2S. The van der Waals surface area contributed by atoms with Crippen LogP contribution in [0.5, 0.6) is 0 Å². The molecule has 0 saturated heterocycles. The first kappa shape index (κ1) is 12.1. The maximum Gasteiger partial charge on any atom is 0.254 e. The summed E-state index contributed by atoms with van der Waals surface area (Å²) in [5, 5.41) is 13.3. The molecule has 4 nitrogen and oxygen atoms in total. The second kappa shape index (κ2) is 5.82. The van der Waals surface area contributed by atoms with Gasteiger partial charge in [-0.1, -0.05) is 0 Å². The molecule has 0 aliphatic rings. The highest BCUT2D eigenvalue weighted by Crippen LogP contribution is 2.09. The van der Waals surface area contributed by atoms with Crippen LogP contribution in [0.3, 0.4) is 0 Å². The Hall–Kier alpha value is -0.940. The molecule has 84 valence electrons. The predicted molar refractivity (Wildman–Crippen MR) is 60.1 cm³/mol. The second-order valence-electron chi connectivity index (χ2n) is 3.55. The smallest absolute Gasteiger partial charge is 0.254 e. The highest BCUT2D eigenvalue weighted by Gasteiger charge is 2.13. The summed E-state index contributed by atoms with van der Waals surface area (Å²) in [4.78, 5) is 11.7. The molecule has 0 aliphatic carbocycles. The average molecular weight is 228 g/mol. The van der Waals surface area contributed by atoms with Gasteiger partial charge in [0, 0.05) is 18.0 Å². The summed E-state index contributed by atoms with van der Waals surface area (Å²) in [5.74, 6) is -0.0771. The van der Waals surface area contributed by atoms with Gasteiger partial charge in [0.15, 0.2) is 0 Å². The number of aliphatic hydroxyl groups excluding tert-OH is 1. The summed E-state index contributed by atoms with van der Waals surface area (Å²) in [6.07, 6.45) is 1.50. The van der Waals surface area contributed by atoms with Gasteiger partial charge in [-0.3, -0.25) is 4.79 Å². The zero-order valence-electron chi connectivity index (χ0n) is 8.99. The highest BCUT2D eigenvalue weighted by molar-refractivity contribution is 7.03. The molecule has 0 saturated carbocycles. The van der Waals surface area contributed by atoms with Crippen LogP contribution in [0, 0.1) is 6.92 Å². The van der Waals surface area contributed by atoms with Crippen LogP contribution in [0.2, 0.25) is 0 Å². The average Bonchev–Trinajstić information content (AvgIpc) is 2.61. The Labute approximate surface area is 93.5 Å². The highest BCUT2D eigenvalue weighted by atomic mass is 32.1. The lowest BCUT2D eigenvalue weighted by Crippen LogP contribution is -2.32. The Bertz CT molecular complexity index is 325. The number of nitrogens with one attached hydrogen (secondary N) is 1. The third-order valence-corrected chi connectivity index (χ3v) is 2.89. The van der Waals surface area contributed by atoms with Crippen molar-refractivity contribution in [2.24, 2.45) is 0 Å². The van der Waals surface area contributed by atoms with Crippen molar-refractivity contribution < 1.29 is 9.90 Å². The quantitative estimate of drug-likeness (QED) is 0.799. The molecule has 5 heteroatoms. The Kier molecular flexibility index (Phi) is 4.71. The van der Waals surface area contributed by atoms with Crippen LogP contribution < -0.4 is 5.32 Å². The number of rotatable bonds is 5. The SMILES string of the molecule is Cc1nscc1C(=O)NC(C)CCCO. The number of carbonyl (C=O) groups excluding carboxylic acids is 1. The van der Waals surface area contributed by atoms with E-state index in [0.29, 0.717) is 12.0 Å². The molecule has 1 unspecified atom stereocenters. The second-order valence-corrected chi connectivity index (χ2v) is 4.18. The maximum absolute atomic E-state index is 11.7. The monoisotopic (exact) mass is 228 g/mol. The Morgan fingerprint density at radius 2 is 2.47 bits per heavy atom. The Morgan fingerprint density at radius 3 is 3.00 bits per heavy atom. The summed E-state index contributed by atoms with van der Waals surface area (Å²) < 4.78 is 4.05. The molecular weight excluding hydrogens is 212 g/mol. The molecule has 1 aromatic rings. The summed E-state index contributed by atoms with van der Waals surface area (Å²) >= 11 is 1.29. The van der Waals surface area contributed by atoms with E-state index < -0.39 is 0 Å². The maximum atomic E-state index is 11.7. The number of hydrogen-bond acceptors (Lipinski definition) is 4. The number of nitrogens with zero attached hydrogens (tertiary/aromatic N) is 1. The Morgan fingerprint density at radius 1 is 1.73 bits per heavy atom. The molecule has 0 bridgehead atoms. The fourth-order valence-corrected chi connectivity index (χ4v) is 1.97. The standard InChI is InChI=1S/C10H16N2O2S/c1-7(4-3-5-13)11-10(14)9-6-15-12-8(9)2/h6-7,13H,3-5H2,1-2H3,(H,11,14). The van der Waals surface area contributed by atoms with E-state index >= 15 is 0 Å². The minimum absolute atomic E-state index is 0.0771. The largest absolute Gasteiger partial charge is 0.396 e. The van der Waals surface area contributed by atoms with Gasteiger partial charge in [0.05, 0.1) is 11.3 Å². The molecule has 15 heavy (non-hydrogen) atoms. The van der Waals surface area contributed by atoms with E-state index in [1.165, 1.54) is 11.5 Å². The minimum atomic E-state index is -0.0771. The van der Waals surface area contributed by atoms with Gasteiger partial charge in [0.1, 0.15) is 0 Å². The predicted octanol–water partition coefficient (Wildman–Crippen LogP) is 1.34. The summed E-state index contributed by atoms with van der Waals surface area (Å²) in [6, 6.07) is 0.0870. The van der Waals surface area contributed by atoms with Gasteiger partial charge >= 0.3 is 0 Å². The van der Waals surface area contributed by atoms with Gasteiger partial charge in [-0.25, -0.2) is 0 Å². The van der Waals surface area contributed by atoms with Gasteiger partial charge < -0.3 is 10.4 Å². The van der Waals surface area contributed by atoms with Gasteiger partial charge in [0.2, 0.25) is 0 Å². The van der Waals surface area contributed by atoms with Crippen LogP contribution in [0.15, 0.2) is 5.38 Å². The molecule has 1 amide bonds. The number of aliphatic hydroxyl groups is 1. The summed E-state index contributed by atoms with van der Waals surface area (Å²) in [6.45, 7) is 3.92. The molecule has 0 aromatic carbocycles. The number of amides is 1. The van der Waals surface area contributed by atoms with Crippen molar-refractivity contribution in [3.63, 3.8) is 0 Å². The van der Waals surface area contributed by atoms with Crippen molar-refractivity contribution >= 4 is 17.4 Å². The topological polar surface area (TPSA) is 62.2 Å². The fourth-order valence-electron chi connectivity index (χ4n) is 1.28. The molecule has 0 aliphatic heterocycles. The molecule has 0 spiro atoms. The van der Waals surface area contributed by atoms with Gasteiger partial charge in [-0.2, -0.15) is 4.37 Å². The van der Waals surface area contributed by atoms with E-state index in [-0.39, 0.29) is 18.6 Å². The van der Waals surface area contributed by atoms with Crippen LogP contribution in [0.25, 0.3) is 0 Å². The molecule has 1 aromatic heterocycles. The van der Waals surface area contributed by atoms with Crippen LogP contribution in [0.1, 0.15) is 35.8 Å². The summed E-state index contributed by atoms with van der Waals surface area (Å²) in [7, 11) is 0. The zero-order chi connectivity index (χ0) is 11.3. The molecule has 1 heterocycles. The van der Waals surface area contributed by atoms with Crippen LogP contribution in [0.4, 0.5) is 0 Å². The normalized spacial score (nSPS) is 12.5. The lowest BCUT2D eigenvalue weighted by molar-refractivity contribution is 0.0936. The van der Waals surface area contributed by atoms with Crippen LogP contribution in [-0.4, -0.2) is 28.0 Å². The molecule has 0 fully saturated rings. The number of carbonyl (C=O) groups is 1. The molecule has 1 atom stereocenters. The van der Waals surface area contributed by atoms with E-state index in [4.69, 9.17) is 5.11 Å². The van der Waals surface area contributed by atoms with Crippen molar-refractivity contribution in [3.8, 4) is 0 Å². The number of aromatic nitrogens is 1. The van der Waals surface area contributed by atoms with Gasteiger partial charge in [0.25, 0.3) is 5.91 Å². The van der Waals surface area contributed by atoms with Crippen molar-refractivity contribution in [3.05, 3.63) is 16.6 Å². The van der Waals surface area contributed by atoms with E-state index in [1.807, 2.05) is 13.8 Å². The van der Waals surface area contributed by atoms with Crippen molar-refractivity contribution in [1.29, 1.82) is 0 Å². The van der Waals surface area contributed by atoms with Crippen molar-refractivity contribution in [2.45, 2.75) is 32.7 Å². The summed E-state index contributed by atoms with van der Waals surface area (Å²) in [5.41, 5.74) is 1.42. The van der Waals surface area contributed by atoms with Crippen LogP contribution in [-0.2, 0) is 0 Å². The third-order valence-electron chi connectivity index (χ3n) is 2.17. The molecule has 1 rings (SSSR count). The zero-order valence-corrected chi connectivity index (χ0v) is 9.80. The lowest BCUT2D eigenvalue weighted by Gasteiger charge is -2.12. The van der Waals surface area contributed by atoms with Crippen LogP contribution >= 0.6 is 11.5 Å². The molecule has 0 radical (unpaired) electrons. The first-order valence-electron chi connectivity index (χ1n) is 4.98. The van der Waals surface area contributed by atoms with E-state index in [2.05, 4.69) is 9.69 Å². The first-order chi connectivity index (χ1) is 7.15. The van der Waals surface area contributed by atoms with Crippen molar-refractivity contribution in [1.82, 2.24) is 9.69 Å². The van der Waals surface area contributed by atoms with E-state index in [0.717, 1.165) is 12.1 Å². The number of aryl methyl sites for hydroxylation is 1. The lowest BCUT2D eigenvalue weighted by atomic mass is 10.1. The third kappa shape index (κ3) is 3.60.